The van der Waals surface area contributed by atoms with Crippen LogP contribution in [-0.2, 0) is 6.18 Å². The number of halogens is 3. The van der Waals surface area contributed by atoms with Crippen molar-refractivity contribution >= 4 is 5.84 Å². The second-order valence-corrected chi connectivity index (χ2v) is 5.07. The van der Waals surface area contributed by atoms with Crippen LogP contribution >= 0.6 is 0 Å². The van der Waals surface area contributed by atoms with Crippen molar-refractivity contribution in [3.05, 3.63) is 29.3 Å². The van der Waals surface area contributed by atoms with E-state index in [4.69, 9.17) is 15.7 Å². The van der Waals surface area contributed by atoms with Gasteiger partial charge >= 0.3 is 6.18 Å². The molecule has 0 unspecified atom stereocenters. The van der Waals surface area contributed by atoms with Crippen LogP contribution < -0.4 is 10.5 Å². The Morgan fingerprint density at radius 1 is 1.24 bits per heavy atom. The van der Waals surface area contributed by atoms with Gasteiger partial charge in [0.15, 0.2) is 5.84 Å². The Balaban J connectivity index is 2.31. The molecule has 0 bridgehead atoms. The third-order valence-electron chi connectivity index (χ3n) is 3.53. The van der Waals surface area contributed by atoms with Gasteiger partial charge < -0.3 is 15.7 Å². The first-order valence-corrected chi connectivity index (χ1v) is 6.77. The zero-order chi connectivity index (χ0) is 15.5. The fourth-order valence-electron chi connectivity index (χ4n) is 2.43. The lowest BCUT2D eigenvalue weighted by atomic mass is 9.97. The summed E-state index contributed by atoms with van der Waals surface area (Å²) in [6.45, 7) is 0. The molecule has 1 aromatic carbocycles. The summed E-state index contributed by atoms with van der Waals surface area (Å²) in [5.74, 6) is -0.575. The number of oxime groups is 1. The van der Waals surface area contributed by atoms with Crippen LogP contribution in [0.3, 0.4) is 0 Å². The Kier molecular flexibility index (Phi) is 4.59. The molecular weight excluding hydrogens is 285 g/mol. The van der Waals surface area contributed by atoms with Crippen molar-refractivity contribution in [2.24, 2.45) is 10.9 Å². The SMILES string of the molecule is N/C(=N/O)c1ccc(OC2CCCCC2)c(C(F)(F)F)c1. The van der Waals surface area contributed by atoms with Gasteiger partial charge in [-0.25, -0.2) is 0 Å². The lowest BCUT2D eigenvalue weighted by Crippen LogP contribution is -2.22. The van der Waals surface area contributed by atoms with Crippen molar-refractivity contribution in [2.45, 2.75) is 44.4 Å². The molecule has 0 radical (unpaired) electrons. The summed E-state index contributed by atoms with van der Waals surface area (Å²) in [7, 11) is 0. The molecule has 0 amide bonds. The number of ether oxygens (including phenoxy) is 1. The highest BCUT2D eigenvalue weighted by Gasteiger charge is 2.35. The molecule has 0 aromatic heterocycles. The van der Waals surface area contributed by atoms with Gasteiger partial charge in [-0.05, 0) is 43.9 Å². The Bertz CT molecular complexity index is 523. The summed E-state index contributed by atoms with van der Waals surface area (Å²) in [5, 5.41) is 11.3. The topological polar surface area (TPSA) is 67.8 Å². The van der Waals surface area contributed by atoms with E-state index < -0.39 is 11.7 Å². The maximum atomic E-state index is 13.1. The number of benzene rings is 1. The van der Waals surface area contributed by atoms with E-state index in [9.17, 15) is 13.2 Å². The van der Waals surface area contributed by atoms with E-state index in [0.717, 1.165) is 38.2 Å². The molecule has 116 valence electrons. The molecule has 7 heteroatoms. The van der Waals surface area contributed by atoms with Gasteiger partial charge in [-0.2, -0.15) is 13.2 Å². The standard InChI is InChI=1S/C14H17F3N2O2/c15-14(16,17)11-8-9(13(18)19-20)6-7-12(11)21-10-4-2-1-3-5-10/h6-8,10,20H,1-5H2,(H2,18,19). The predicted molar refractivity (Wildman–Crippen MR) is 71.5 cm³/mol. The Morgan fingerprint density at radius 3 is 2.48 bits per heavy atom. The van der Waals surface area contributed by atoms with Gasteiger partial charge in [-0.3, -0.25) is 0 Å². The number of nitrogens with zero attached hydrogens (tertiary/aromatic N) is 1. The van der Waals surface area contributed by atoms with Gasteiger partial charge in [0.2, 0.25) is 0 Å². The molecule has 2 rings (SSSR count). The van der Waals surface area contributed by atoms with Crippen LogP contribution in [0.25, 0.3) is 0 Å². The second-order valence-electron chi connectivity index (χ2n) is 5.07. The zero-order valence-electron chi connectivity index (χ0n) is 11.4. The van der Waals surface area contributed by atoms with Crippen molar-refractivity contribution in [3.63, 3.8) is 0 Å². The molecule has 0 saturated heterocycles. The van der Waals surface area contributed by atoms with E-state index >= 15 is 0 Å². The summed E-state index contributed by atoms with van der Waals surface area (Å²) < 4.78 is 44.9. The number of alkyl halides is 3. The van der Waals surface area contributed by atoms with E-state index in [1.165, 1.54) is 12.1 Å². The largest absolute Gasteiger partial charge is 0.490 e. The molecule has 21 heavy (non-hydrogen) atoms. The lowest BCUT2D eigenvalue weighted by Gasteiger charge is -2.25. The zero-order valence-corrected chi connectivity index (χ0v) is 11.4. The maximum Gasteiger partial charge on any atom is 0.419 e. The fraction of sp³-hybridized carbons (Fsp3) is 0.500. The van der Waals surface area contributed by atoms with Gasteiger partial charge in [0.25, 0.3) is 0 Å². The van der Waals surface area contributed by atoms with Crippen LogP contribution in [0.5, 0.6) is 5.75 Å². The molecule has 1 aliphatic rings. The van der Waals surface area contributed by atoms with Crippen LogP contribution in [0.15, 0.2) is 23.4 Å². The molecule has 1 aromatic rings. The van der Waals surface area contributed by atoms with Crippen LogP contribution in [0.2, 0.25) is 0 Å². The van der Waals surface area contributed by atoms with E-state index in [0.29, 0.717) is 0 Å². The van der Waals surface area contributed by atoms with Gasteiger partial charge in [0.05, 0.1) is 11.7 Å². The number of rotatable bonds is 3. The number of amidine groups is 1. The highest BCUT2D eigenvalue weighted by molar-refractivity contribution is 5.97. The van der Waals surface area contributed by atoms with Crippen molar-refractivity contribution in [2.75, 3.05) is 0 Å². The first-order chi connectivity index (χ1) is 9.91. The number of hydrogen-bond donors (Lipinski definition) is 2. The third-order valence-corrected chi connectivity index (χ3v) is 3.53. The molecule has 1 saturated carbocycles. The van der Waals surface area contributed by atoms with E-state index in [1.54, 1.807) is 0 Å². The van der Waals surface area contributed by atoms with Gasteiger partial charge in [-0.1, -0.05) is 11.6 Å². The quantitative estimate of drug-likeness (QED) is 0.388. The summed E-state index contributed by atoms with van der Waals surface area (Å²) in [4.78, 5) is 0. The first-order valence-electron chi connectivity index (χ1n) is 6.77. The monoisotopic (exact) mass is 302 g/mol. The molecule has 0 aliphatic heterocycles. The van der Waals surface area contributed by atoms with Crippen LogP contribution in [-0.4, -0.2) is 17.1 Å². The fourth-order valence-corrected chi connectivity index (χ4v) is 2.43. The van der Waals surface area contributed by atoms with Gasteiger partial charge in [0, 0.05) is 5.56 Å². The molecule has 1 fully saturated rings. The minimum atomic E-state index is -4.56. The van der Waals surface area contributed by atoms with Crippen LogP contribution in [0, 0.1) is 0 Å². The molecular formula is C14H17F3N2O2. The Labute approximate surface area is 120 Å². The number of nitrogens with two attached hydrogens (primary N) is 1. The first kappa shape index (κ1) is 15.5. The van der Waals surface area contributed by atoms with Gasteiger partial charge in [-0.15, -0.1) is 0 Å². The normalized spacial score (nSPS) is 17.8. The maximum absolute atomic E-state index is 13.1. The van der Waals surface area contributed by atoms with Crippen molar-refractivity contribution in [1.82, 2.24) is 0 Å². The van der Waals surface area contributed by atoms with Gasteiger partial charge in [0.1, 0.15) is 5.75 Å². The van der Waals surface area contributed by atoms with Crippen molar-refractivity contribution in [1.29, 1.82) is 0 Å². The molecule has 0 heterocycles. The van der Waals surface area contributed by atoms with E-state index in [1.807, 2.05) is 0 Å². The molecule has 0 atom stereocenters. The molecule has 3 N–H and O–H groups in total. The minimum absolute atomic E-state index is 0.000758. The lowest BCUT2D eigenvalue weighted by molar-refractivity contribution is -0.139. The molecule has 0 spiro atoms. The Hall–Kier alpha value is -1.92. The number of hydrogen-bond acceptors (Lipinski definition) is 3. The molecule has 1 aliphatic carbocycles. The third kappa shape index (κ3) is 3.80. The molecule has 4 nitrogen and oxygen atoms in total. The highest BCUT2D eigenvalue weighted by atomic mass is 19.4. The average molecular weight is 302 g/mol. The summed E-state index contributed by atoms with van der Waals surface area (Å²) in [6.07, 6.45) is -0.194. The average Bonchev–Trinajstić information content (AvgIpc) is 2.47. The van der Waals surface area contributed by atoms with Crippen molar-refractivity contribution < 1.29 is 23.1 Å². The summed E-state index contributed by atoms with van der Waals surface area (Å²) >= 11 is 0. The second kappa shape index (κ2) is 6.24. The van der Waals surface area contributed by atoms with E-state index in [-0.39, 0.29) is 23.3 Å². The van der Waals surface area contributed by atoms with E-state index in [2.05, 4.69) is 5.16 Å². The summed E-state index contributed by atoms with van der Waals surface area (Å²) in [6, 6.07) is 3.42. The van der Waals surface area contributed by atoms with Crippen LogP contribution in [0.1, 0.15) is 43.2 Å². The smallest absolute Gasteiger partial charge is 0.419 e. The minimum Gasteiger partial charge on any atom is -0.490 e. The Morgan fingerprint density at radius 2 is 1.90 bits per heavy atom. The summed E-state index contributed by atoms with van der Waals surface area (Å²) in [5.41, 5.74) is 4.43. The van der Waals surface area contributed by atoms with Crippen molar-refractivity contribution in [3.8, 4) is 5.75 Å². The highest BCUT2D eigenvalue weighted by Crippen LogP contribution is 2.38. The van der Waals surface area contributed by atoms with Crippen LogP contribution in [0.4, 0.5) is 13.2 Å². The predicted octanol–water partition coefficient (Wildman–Crippen LogP) is 3.51.